The van der Waals surface area contributed by atoms with Gasteiger partial charge in [0.1, 0.15) is 0 Å². The predicted molar refractivity (Wildman–Crippen MR) is 89.2 cm³/mol. The van der Waals surface area contributed by atoms with Crippen LogP contribution in [-0.2, 0) is 27.6 Å². The quantitative estimate of drug-likeness (QED) is 0.368. The lowest BCUT2D eigenvalue weighted by atomic mass is 10.0. The molecule has 9 heteroatoms. The van der Waals surface area contributed by atoms with E-state index in [0.29, 0.717) is 25.7 Å². The van der Waals surface area contributed by atoms with Gasteiger partial charge in [0, 0.05) is 13.2 Å². The molecule has 0 saturated carbocycles. The Labute approximate surface area is 151 Å². The second kappa shape index (κ2) is 10.3. The normalized spacial score (nSPS) is 12.8. The van der Waals surface area contributed by atoms with Gasteiger partial charge in [0.25, 0.3) is 0 Å². The Morgan fingerprint density at radius 3 is 1.65 bits per heavy atom. The lowest BCUT2D eigenvalue weighted by Crippen LogP contribution is -2.24. The molecule has 0 N–H and O–H groups in total. The molecule has 2 nitrogen and oxygen atoms in total. The van der Waals surface area contributed by atoms with Crippen molar-refractivity contribution in [1.82, 2.24) is 0 Å². The summed E-state index contributed by atoms with van der Waals surface area (Å²) in [5, 5.41) is 0. The van der Waals surface area contributed by atoms with Crippen molar-refractivity contribution in [3.05, 3.63) is 34.9 Å². The number of hydrogen-bond acceptors (Lipinski definition) is 2. The van der Waals surface area contributed by atoms with Crippen LogP contribution in [0.25, 0.3) is 0 Å². The predicted octanol–water partition coefficient (Wildman–Crippen LogP) is 5.73. The first-order chi connectivity index (χ1) is 12.1. The zero-order valence-corrected chi connectivity index (χ0v) is 16.0. The van der Waals surface area contributed by atoms with Gasteiger partial charge in [0.05, 0.1) is 11.1 Å². The van der Waals surface area contributed by atoms with Crippen LogP contribution in [0.3, 0.4) is 0 Å². The maximum Gasteiger partial charge on any atom is 0.416 e. The van der Waals surface area contributed by atoms with Crippen LogP contribution >= 0.6 is 0 Å². The van der Waals surface area contributed by atoms with Gasteiger partial charge in [-0.2, -0.15) is 26.3 Å². The van der Waals surface area contributed by atoms with Crippen LogP contribution in [0, 0.1) is 0 Å². The average Bonchev–Trinajstić information content (AvgIpc) is 2.55. The maximum atomic E-state index is 12.9. The van der Waals surface area contributed by atoms with Crippen LogP contribution in [0.2, 0.25) is 6.04 Å². The molecule has 150 valence electrons. The Morgan fingerprint density at radius 2 is 1.27 bits per heavy atom. The van der Waals surface area contributed by atoms with Crippen molar-refractivity contribution in [2.24, 2.45) is 0 Å². The molecule has 0 saturated heterocycles. The number of alkyl halides is 6. The van der Waals surface area contributed by atoms with Crippen molar-refractivity contribution in [1.29, 1.82) is 0 Å². The summed E-state index contributed by atoms with van der Waals surface area (Å²) in [6, 6.07) is 2.25. The van der Waals surface area contributed by atoms with Crippen LogP contribution in [0.1, 0.15) is 49.8 Å². The van der Waals surface area contributed by atoms with Gasteiger partial charge in [-0.25, -0.2) is 0 Å². The SMILES string of the molecule is CCCO[SiH](CCCc1cc(C(F)(F)F)cc(C(F)(F)F)c1)OCCC. The maximum absolute atomic E-state index is 12.9. The molecule has 0 spiro atoms. The summed E-state index contributed by atoms with van der Waals surface area (Å²) in [6.07, 6.45) is -7.46. The van der Waals surface area contributed by atoms with Crippen LogP contribution < -0.4 is 0 Å². The molecule has 0 aromatic heterocycles. The third-order valence-corrected chi connectivity index (χ3v) is 5.66. The molecule has 0 amide bonds. The number of benzene rings is 1. The van der Waals surface area contributed by atoms with Gasteiger partial charge < -0.3 is 8.85 Å². The summed E-state index contributed by atoms with van der Waals surface area (Å²) in [4.78, 5) is 0. The van der Waals surface area contributed by atoms with E-state index in [-0.39, 0.29) is 18.1 Å². The average molecular weight is 402 g/mol. The lowest BCUT2D eigenvalue weighted by Gasteiger charge is -2.17. The van der Waals surface area contributed by atoms with Gasteiger partial charge >= 0.3 is 21.6 Å². The fourth-order valence-corrected chi connectivity index (χ4v) is 4.31. The van der Waals surface area contributed by atoms with Crippen molar-refractivity contribution >= 4 is 9.28 Å². The molecule has 0 fully saturated rings. The second-order valence-corrected chi connectivity index (χ2v) is 8.08. The molecule has 0 bridgehead atoms. The Hall–Kier alpha value is -1.06. The van der Waals surface area contributed by atoms with Gasteiger partial charge in [0.15, 0.2) is 0 Å². The molecular weight excluding hydrogens is 378 g/mol. The van der Waals surface area contributed by atoms with Crippen molar-refractivity contribution in [3.63, 3.8) is 0 Å². The van der Waals surface area contributed by atoms with Gasteiger partial charge in [-0.3, -0.25) is 0 Å². The smallest absolute Gasteiger partial charge is 0.397 e. The van der Waals surface area contributed by atoms with E-state index >= 15 is 0 Å². The molecular formula is C17H24F6O2Si. The first kappa shape index (κ1) is 23.0. The number of aryl methyl sites for hydroxylation is 1. The molecule has 0 radical (unpaired) electrons. The summed E-state index contributed by atoms with van der Waals surface area (Å²) in [7, 11) is -1.95. The fraction of sp³-hybridized carbons (Fsp3) is 0.647. The van der Waals surface area contributed by atoms with E-state index in [0.717, 1.165) is 25.0 Å². The largest absolute Gasteiger partial charge is 0.416 e. The molecule has 0 aliphatic heterocycles. The van der Waals surface area contributed by atoms with Gasteiger partial charge in [-0.05, 0) is 55.5 Å². The Kier molecular flexibility index (Phi) is 9.12. The lowest BCUT2D eigenvalue weighted by molar-refractivity contribution is -0.143. The third-order valence-electron chi connectivity index (χ3n) is 3.57. The van der Waals surface area contributed by atoms with E-state index in [1.165, 1.54) is 0 Å². The van der Waals surface area contributed by atoms with Crippen LogP contribution in [-0.4, -0.2) is 22.5 Å². The molecule has 0 unspecified atom stereocenters. The standard InChI is InChI=1S/C17H24F6O2Si/c1-3-7-24-26(25-8-4-2)9-5-6-13-10-14(16(18,19)20)12-15(11-13)17(21,22)23/h10-12,26H,3-9H2,1-2H3. The minimum Gasteiger partial charge on any atom is -0.397 e. The molecule has 26 heavy (non-hydrogen) atoms. The van der Waals surface area contributed by atoms with E-state index in [9.17, 15) is 26.3 Å². The van der Waals surface area contributed by atoms with E-state index in [2.05, 4.69) is 0 Å². The van der Waals surface area contributed by atoms with Crippen molar-refractivity contribution < 1.29 is 35.2 Å². The molecule has 1 aromatic rings. The number of hydrogen-bond donors (Lipinski definition) is 0. The second-order valence-electron chi connectivity index (χ2n) is 5.98. The van der Waals surface area contributed by atoms with Crippen LogP contribution in [0.4, 0.5) is 26.3 Å². The van der Waals surface area contributed by atoms with Gasteiger partial charge in [-0.1, -0.05) is 13.8 Å². The number of halogens is 6. The summed E-state index contributed by atoms with van der Waals surface area (Å²) in [5.41, 5.74) is -2.54. The molecule has 0 heterocycles. The molecule has 0 aliphatic carbocycles. The van der Waals surface area contributed by atoms with Crippen LogP contribution in [0.15, 0.2) is 18.2 Å². The fourth-order valence-electron chi connectivity index (χ4n) is 2.35. The van der Waals surface area contributed by atoms with Crippen molar-refractivity contribution in [2.45, 2.75) is 57.9 Å². The molecule has 0 aliphatic rings. The topological polar surface area (TPSA) is 18.5 Å². The first-order valence-electron chi connectivity index (χ1n) is 8.59. The highest BCUT2D eigenvalue weighted by Gasteiger charge is 2.36. The molecule has 0 atom stereocenters. The Balaban J connectivity index is 2.81. The Bertz CT molecular complexity index is 505. The third kappa shape index (κ3) is 8.09. The molecule has 1 aromatic carbocycles. The van der Waals surface area contributed by atoms with Gasteiger partial charge in [0.2, 0.25) is 0 Å². The highest BCUT2D eigenvalue weighted by atomic mass is 28.3. The zero-order chi connectivity index (χ0) is 19.8. The van der Waals surface area contributed by atoms with E-state index in [1.54, 1.807) is 0 Å². The summed E-state index contributed by atoms with van der Waals surface area (Å²) in [5.74, 6) is 0. The summed E-state index contributed by atoms with van der Waals surface area (Å²) >= 11 is 0. The van der Waals surface area contributed by atoms with Crippen molar-refractivity contribution in [3.8, 4) is 0 Å². The van der Waals surface area contributed by atoms with Crippen molar-refractivity contribution in [2.75, 3.05) is 13.2 Å². The molecule has 1 rings (SSSR count). The van der Waals surface area contributed by atoms with E-state index in [4.69, 9.17) is 8.85 Å². The Morgan fingerprint density at radius 1 is 0.808 bits per heavy atom. The van der Waals surface area contributed by atoms with Crippen LogP contribution in [0.5, 0.6) is 0 Å². The van der Waals surface area contributed by atoms with E-state index in [1.807, 2.05) is 13.8 Å². The minimum atomic E-state index is -4.82. The highest BCUT2D eigenvalue weighted by molar-refractivity contribution is 6.44. The summed E-state index contributed by atoms with van der Waals surface area (Å²) < 4.78 is 88.5. The summed E-state index contributed by atoms with van der Waals surface area (Å²) in [6.45, 7) is 4.99. The number of rotatable bonds is 10. The monoisotopic (exact) mass is 402 g/mol. The van der Waals surface area contributed by atoms with Gasteiger partial charge in [-0.15, -0.1) is 0 Å². The zero-order valence-electron chi connectivity index (χ0n) is 14.8. The minimum absolute atomic E-state index is 0.0193. The van der Waals surface area contributed by atoms with E-state index < -0.39 is 32.8 Å². The first-order valence-corrected chi connectivity index (χ1v) is 10.4. The highest BCUT2D eigenvalue weighted by Crippen LogP contribution is 2.36.